The molecule has 1 saturated heterocycles. The van der Waals surface area contributed by atoms with Crippen LogP contribution in [-0.4, -0.2) is 44.5 Å². The van der Waals surface area contributed by atoms with Crippen LogP contribution in [0.3, 0.4) is 0 Å². The lowest BCUT2D eigenvalue weighted by Gasteiger charge is -2.24. The lowest BCUT2D eigenvalue weighted by molar-refractivity contribution is 0.0756. The predicted octanol–water partition coefficient (Wildman–Crippen LogP) is 3.28. The van der Waals surface area contributed by atoms with E-state index in [1.165, 1.54) is 31.4 Å². The molecule has 4 nitrogen and oxygen atoms in total. The van der Waals surface area contributed by atoms with Gasteiger partial charge in [-0.25, -0.2) is 4.98 Å². The van der Waals surface area contributed by atoms with Crippen LogP contribution < -0.4 is 0 Å². The van der Waals surface area contributed by atoms with Gasteiger partial charge in [0.2, 0.25) is 0 Å². The number of likely N-dealkylation sites (tertiary alicyclic amines) is 1. The van der Waals surface area contributed by atoms with Crippen molar-refractivity contribution in [3.05, 3.63) is 17.2 Å². The second-order valence-electron chi connectivity index (χ2n) is 6.39. The topological polar surface area (TPSA) is 38.1 Å². The standard InChI is InChI=1S/C17H27N3OS/c1-3-22-14-8-4-6-10-19(12-14)17(21)16-15-9-5-7-11-20(15)13(2)18-16/h14H,3-12H2,1-2H3. The van der Waals surface area contributed by atoms with Crippen molar-refractivity contribution in [2.45, 2.75) is 64.2 Å². The van der Waals surface area contributed by atoms with Gasteiger partial charge in [0, 0.05) is 24.9 Å². The minimum Gasteiger partial charge on any atom is -0.336 e. The molecule has 0 N–H and O–H groups in total. The van der Waals surface area contributed by atoms with E-state index in [1.54, 1.807) is 0 Å². The Labute approximate surface area is 137 Å². The average Bonchev–Trinajstić information content (AvgIpc) is 2.71. The summed E-state index contributed by atoms with van der Waals surface area (Å²) in [5.74, 6) is 2.31. The predicted molar refractivity (Wildman–Crippen MR) is 91.6 cm³/mol. The number of hydrogen-bond donors (Lipinski definition) is 0. The molecule has 1 fully saturated rings. The Morgan fingerprint density at radius 2 is 2.09 bits per heavy atom. The van der Waals surface area contributed by atoms with Gasteiger partial charge in [-0.3, -0.25) is 4.79 Å². The van der Waals surface area contributed by atoms with Gasteiger partial charge in [-0.2, -0.15) is 11.8 Å². The van der Waals surface area contributed by atoms with Crippen LogP contribution in [0.15, 0.2) is 0 Å². The zero-order valence-electron chi connectivity index (χ0n) is 13.8. The molecule has 0 spiro atoms. The molecule has 0 aromatic carbocycles. The molecule has 2 aliphatic rings. The van der Waals surface area contributed by atoms with Crippen LogP contribution in [-0.2, 0) is 13.0 Å². The van der Waals surface area contributed by atoms with E-state index in [-0.39, 0.29) is 5.91 Å². The molecule has 22 heavy (non-hydrogen) atoms. The fourth-order valence-electron chi connectivity index (χ4n) is 3.70. The van der Waals surface area contributed by atoms with E-state index in [4.69, 9.17) is 0 Å². The maximum atomic E-state index is 13.0. The smallest absolute Gasteiger partial charge is 0.274 e. The highest BCUT2D eigenvalue weighted by Gasteiger charge is 2.28. The van der Waals surface area contributed by atoms with Crippen molar-refractivity contribution in [2.24, 2.45) is 0 Å². The molecule has 1 aromatic rings. The first-order valence-electron chi connectivity index (χ1n) is 8.67. The van der Waals surface area contributed by atoms with Crippen molar-refractivity contribution in [1.29, 1.82) is 0 Å². The van der Waals surface area contributed by atoms with Crippen molar-refractivity contribution in [1.82, 2.24) is 14.5 Å². The van der Waals surface area contributed by atoms with E-state index < -0.39 is 0 Å². The Morgan fingerprint density at radius 1 is 1.27 bits per heavy atom. The minimum absolute atomic E-state index is 0.169. The van der Waals surface area contributed by atoms with E-state index in [2.05, 4.69) is 21.4 Å². The van der Waals surface area contributed by atoms with Gasteiger partial charge in [-0.05, 0) is 44.8 Å². The second-order valence-corrected chi connectivity index (χ2v) is 7.96. The summed E-state index contributed by atoms with van der Waals surface area (Å²) in [6.45, 7) is 7.05. The quantitative estimate of drug-likeness (QED) is 0.857. The van der Waals surface area contributed by atoms with Gasteiger partial charge in [-0.15, -0.1) is 0 Å². The number of rotatable bonds is 3. The lowest BCUT2D eigenvalue weighted by Crippen LogP contribution is -2.36. The summed E-state index contributed by atoms with van der Waals surface area (Å²) in [5.41, 5.74) is 1.91. The van der Waals surface area contributed by atoms with Crippen molar-refractivity contribution >= 4 is 17.7 Å². The molecular formula is C17H27N3OS. The summed E-state index contributed by atoms with van der Waals surface area (Å²) in [6.07, 6.45) is 6.99. The van der Waals surface area contributed by atoms with Gasteiger partial charge in [-0.1, -0.05) is 13.3 Å². The van der Waals surface area contributed by atoms with Gasteiger partial charge in [0.1, 0.15) is 11.5 Å². The van der Waals surface area contributed by atoms with Crippen molar-refractivity contribution in [3.8, 4) is 0 Å². The number of thioether (sulfide) groups is 1. The molecule has 3 heterocycles. The zero-order chi connectivity index (χ0) is 15.5. The Morgan fingerprint density at radius 3 is 2.91 bits per heavy atom. The molecular weight excluding hydrogens is 294 g/mol. The fourth-order valence-corrected chi connectivity index (χ4v) is 4.79. The Kier molecular flexibility index (Phi) is 5.11. The summed E-state index contributed by atoms with van der Waals surface area (Å²) < 4.78 is 2.26. The number of imidazole rings is 1. The van der Waals surface area contributed by atoms with E-state index >= 15 is 0 Å². The van der Waals surface area contributed by atoms with Gasteiger partial charge < -0.3 is 9.47 Å². The first-order valence-corrected chi connectivity index (χ1v) is 9.72. The fraction of sp³-hybridized carbons (Fsp3) is 0.765. The number of aryl methyl sites for hydroxylation is 1. The Bertz CT molecular complexity index is 540. The average molecular weight is 321 g/mol. The number of carbonyl (C=O) groups excluding carboxylic acids is 1. The van der Waals surface area contributed by atoms with Crippen LogP contribution in [0.4, 0.5) is 0 Å². The van der Waals surface area contributed by atoms with Gasteiger partial charge in [0.25, 0.3) is 5.91 Å². The summed E-state index contributed by atoms with van der Waals surface area (Å²) in [5, 5.41) is 0.594. The highest BCUT2D eigenvalue weighted by atomic mass is 32.2. The monoisotopic (exact) mass is 321 g/mol. The van der Waals surface area contributed by atoms with Crippen molar-refractivity contribution < 1.29 is 4.79 Å². The molecule has 0 saturated carbocycles. The van der Waals surface area contributed by atoms with Gasteiger partial charge in [0.15, 0.2) is 0 Å². The maximum absolute atomic E-state index is 13.0. The number of amides is 1. The highest BCUT2D eigenvalue weighted by molar-refractivity contribution is 7.99. The van der Waals surface area contributed by atoms with Crippen LogP contribution in [0.5, 0.6) is 0 Å². The zero-order valence-corrected chi connectivity index (χ0v) is 14.6. The van der Waals surface area contributed by atoms with E-state index in [0.717, 1.165) is 49.7 Å². The third-order valence-electron chi connectivity index (χ3n) is 4.83. The summed E-state index contributed by atoms with van der Waals surface area (Å²) in [7, 11) is 0. The number of carbonyl (C=O) groups is 1. The molecule has 1 atom stereocenters. The molecule has 1 unspecified atom stereocenters. The van der Waals surface area contributed by atoms with Crippen LogP contribution >= 0.6 is 11.8 Å². The Balaban J connectivity index is 1.80. The van der Waals surface area contributed by atoms with Crippen LogP contribution in [0.2, 0.25) is 0 Å². The van der Waals surface area contributed by atoms with Crippen LogP contribution in [0, 0.1) is 6.92 Å². The first-order chi connectivity index (χ1) is 10.7. The molecule has 3 rings (SSSR count). The number of hydrogen-bond acceptors (Lipinski definition) is 3. The first kappa shape index (κ1) is 15.9. The SMILES string of the molecule is CCSC1CCCCN(C(=O)c2nc(C)n3c2CCCC3)C1. The van der Waals surface area contributed by atoms with Gasteiger partial charge >= 0.3 is 0 Å². The summed E-state index contributed by atoms with van der Waals surface area (Å²) >= 11 is 2.00. The summed E-state index contributed by atoms with van der Waals surface area (Å²) in [4.78, 5) is 19.7. The number of nitrogens with zero attached hydrogens (tertiary/aromatic N) is 3. The molecule has 0 aliphatic carbocycles. The second kappa shape index (κ2) is 7.07. The highest BCUT2D eigenvalue weighted by Crippen LogP contribution is 2.25. The van der Waals surface area contributed by atoms with E-state index in [1.807, 2.05) is 18.7 Å². The maximum Gasteiger partial charge on any atom is 0.274 e. The molecule has 1 amide bonds. The van der Waals surface area contributed by atoms with Gasteiger partial charge in [0.05, 0.1) is 5.69 Å². The molecule has 0 bridgehead atoms. The largest absolute Gasteiger partial charge is 0.336 e. The van der Waals surface area contributed by atoms with Crippen LogP contribution in [0.1, 0.15) is 61.0 Å². The molecule has 5 heteroatoms. The summed E-state index contributed by atoms with van der Waals surface area (Å²) in [6, 6.07) is 0. The molecule has 1 aromatic heterocycles. The van der Waals surface area contributed by atoms with Crippen molar-refractivity contribution in [3.63, 3.8) is 0 Å². The lowest BCUT2D eigenvalue weighted by atomic mass is 10.1. The number of fused-ring (bicyclic) bond motifs is 1. The van der Waals surface area contributed by atoms with Crippen LogP contribution in [0.25, 0.3) is 0 Å². The normalized spacial score (nSPS) is 22.3. The molecule has 122 valence electrons. The van der Waals surface area contributed by atoms with E-state index in [9.17, 15) is 4.79 Å². The molecule has 2 aliphatic heterocycles. The molecule has 0 radical (unpaired) electrons. The minimum atomic E-state index is 0.169. The van der Waals surface area contributed by atoms with E-state index in [0.29, 0.717) is 5.25 Å². The third-order valence-corrected chi connectivity index (χ3v) is 6.02. The third kappa shape index (κ3) is 3.19. The Hall–Kier alpha value is -0.970. The number of aromatic nitrogens is 2. The van der Waals surface area contributed by atoms with Crippen molar-refractivity contribution in [2.75, 3.05) is 18.8 Å².